The van der Waals surface area contributed by atoms with Gasteiger partial charge in [-0.1, -0.05) is 3.71 Å². The van der Waals surface area contributed by atoms with Crippen molar-refractivity contribution >= 4 is 27.4 Å². The van der Waals surface area contributed by atoms with E-state index in [0.29, 0.717) is 6.26 Å². The van der Waals surface area contributed by atoms with Crippen LogP contribution in [0.5, 0.6) is 0 Å². The number of nitrogens with zero attached hydrogens (tertiary/aromatic N) is 1. The van der Waals surface area contributed by atoms with Crippen LogP contribution in [0, 0.1) is 0 Å². The van der Waals surface area contributed by atoms with Crippen LogP contribution in [0.3, 0.4) is 0 Å². The maximum atomic E-state index is 10.8. The van der Waals surface area contributed by atoms with Gasteiger partial charge < -0.3 is 4.74 Å². The van der Waals surface area contributed by atoms with Crippen molar-refractivity contribution in [2.75, 3.05) is 12.9 Å². The molecule has 0 heterocycles. The molecule has 0 saturated heterocycles. The Kier molecular flexibility index (Phi) is 4.30. The molecule has 0 aliphatic rings. The van der Waals surface area contributed by atoms with Crippen molar-refractivity contribution in [2.45, 2.75) is 6.92 Å². The lowest BCUT2D eigenvalue weighted by Crippen LogP contribution is -2.37. The van der Waals surface area contributed by atoms with E-state index >= 15 is 0 Å². The van der Waals surface area contributed by atoms with E-state index in [1.54, 1.807) is 0 Å². The summed E-state index contributed by atoms with van der Waals surface area (Å²) in [5.41, 5.74) is 0. The van der Waals surface area contributed by atoms with Gasteiger partial charge in [-0.2, -0.15) is 0 Å². The summed E-state index contributed by atoms with van der Waals surface area (Å²) in [6.45, 7) is 1.36. The van der Waals surface area contributed by atoms with E-state index in [0.717, 1.165) is 0 Å². The highest BCUT2D eigenvalue weighted by Gasteiger charge is 2.30. The van der Waals surface area contributed by atoms with Gasteiger partial charge in [-0.25, -0.2) is 17.4 Å². The fourth-order valence-electron chi connectivity index (χ4n) is 0.491. The normalized spacial score (nSPS) is 13.5. The minimum Gasteiger partial charge on any atom is -0.448 e. The highest BCUT2D eigenvalue weighted by molar-refractivity contribution is 7.99. The van der Waals surface area contributed by atoms with Gasteiger partial charge in [0.05, 0.1) is 12.9 Å². The van der Waals surface area contributed by atoms with Crippen molar-refractivity contribution in [3.8, 4) is 0 Å². The van der Waals surface area contributed by atoms with Crippen molar-refractivity contribution < 1.29 is 26.7 Å². The number of carbonyl (C=O) groups excluding carboxylic acids is 1. The summed E-state index contributed by atoms with van der Waals surface area (Å²) in [6.07, 6.45) is -0.747. The molecule has 0 rings (SSSR count). The molecule has 0 spiro atoms. The summed E-state index contributed by atoms with van der Waals surface area (Å²) in [6, 6.07) is 0. The first-order valence-corrected chi connectivity index (χ1v) is 6.00. The lowest BCUT2D eigenvalue weighted by Gasteiger charge is -2.13. The van der Waals surface area contributed by atoms with Crippen LogP contribution in [-0.4, -0.2) is 39.8 Å². The lowest BCUT2D eigenvalue weighted by molar-refractivity contribution is 0.145. The predicted octanol–water partition coefficient (Wildman–Crippen LogP) is -0.459. The van der Waals surface area contributed by atoms with E-state index in [9.17, 15) is 17.4 Å². The molecule has 1 unspecified atom stereocenters. The summed E-state index contributed by atoms with van der Waals surface area (Å²) in [4.78, 5) is 10.8. The standard InChI is InChI=1S/C4H9NO6S2/c1-3-11-4(6)5(12(7)8)13(2,9)10/h3H2,1-2H3,(H,7,8). The number of ether oxygens (including phenoxy) is 1. The smallest absolute Gasteiger partial charge is 0.437 e. The van der Waals surface area contributed by atoms with Crippen molar-refractivity contribution in [1.82, 2.24) is 3.71 Å². The summed E-state index contributed by atoms with van der Waals surface area (Å²) in [5, 5.41) is 0. The number of hydrogen-bond donors (Lipinski definition) is 1. The van der Waals surface area contributed by atoms with E-state index in [-0.39, 0.29) is 10.3 Å². The van der Waals surface area contributed by atoms with Crippen LogP contribution < -0.4 is 0 Å². The Balaban J connectivity index is 4.85. The Morgan fingerprint density at radius 3 is 2.31 bits per heavy atom. The first kappa shape index (κ1) is 12.3. The average molecular weight is 231 g/mol. The molecule has 0 aromatic rings. The zero-order chi connectivity index (χ0) is 10.6. The van der Waals surface area contributed by atoms with Crippen molar-refractivity contribution in [3.63, 3.8) is 0 Å². The molecule has 0 aliphatic heterocycles. The van der Waals surface area contributed by atoms with Crippen molar-refractivity contribution in [3.05, 3.63) is 0 Å². The van der Waals surface area contributed by atoms with Crippen LogP contribution >= 0.6 is 0 Å². The molecule has 78 valence electrons. The molecular formula is C4H9NO6S2. The molecule has 1 amide bonds. The minimum absolute atomic E-state index is 0.0813. The van der Waals surface area contributed by atoms with Crippen LogP contribution in [0.4, 0.5) is 4.79 Å². The topological polar surface area (TPSA) is 101 Å². The summed E-state index contributed by atoms with van der Waals surface area (Å²) < 4.78 is 44.4. The monoisotopic (exact) mass is 231 g/mol. The highest BCUT2D eigenvalue weighted by Crippen LogP contribution is 2.03. The number of hydrogen-bond acceptors (Lipinski definition) is 5. The Morgan fingerprint density at radius 2 is 2.08 bits per heavy atom. The number of rotatable bonds is 3. The summed E-state index contributed by atoms with van der Waals surface area (Å²) in [5.74, 6) is 0. The number of amides is 1. The maximum Gasteiger partial charge on any atom is 0.437 e. The lowest BCUT2D eigenvalue weighted by atomic mass is 10.9. The Labute approximate surface area is 78.1 Å². The van der Waals surface area contributed by atoms with Crippen LogP contribution in [0.25, 0.3) is 0 Å². The Morgan fingerprint density at radius 1 is 1.62 bits per heavy atom. The summed E-state index contributed by atoms with van der Waals surface area (Å²) >= 11 is -2.93. The average Bonchev–Trinajstić information content (AvgIpc) is 1.82. The van der Waals surface area contributed by atoms with Gasteiger partial charge in [-0.15, -0.1) is 0 Å². The zero-order valence-electron chi connectivity index (χ0n) is 6.96. The predicted molar refractivity (Wildman–Crippen MR) is 44.5 cm³/mol. The third kappa shape index (κ3) is 3.70. The highest BCUT2D eigenvalue weighted by atomic mass is 32.3. The second-order valence-corrected chi connectivity index (χ2v) is 4.81. The van der Waals surface area contributed by atoms with Gasteiger partial charge in [0.15, 0.2) is 0 Å². The van der Waals surface area contributed by atoms with E-state index < -0.39 is 27.4 Å². The zero-order valence-corrected chi connectivity index (χ0v) is 8.59. The maximum absolute atomic E-state index is 10.8. The van der Waals surface area contributed by atoms with E-state index in [2.05, 4.69) is 4.74 Å². The fourth-order valence-corrected chi connectivity index (χ4v) is 1.92. The molecule has 1 atom stereocenters. The molecule has 0 saturated carbocycles. The molecular weight excluding hydrogens is 222 g/mol. The van der Waals surface area contributed by atoms with Crippen LogP contribution in [0.15, 0.2) is 0 Å². The Hall–Kier alpha value is -0.670. The summed E-state index contributed by atoms with van der Waals surface area (Å²) in [7, 11) is -4.08. The van der Waals surface area contributed by atoms with Crippen molar-refractivity contribution in [2.24, 2.45) is 0 Å². The van der Waals surface area contributed by atoms with Gasteiger partial charge in [-0.05, 0) is 6.92 Å². The van der Waals surface area contributed by atoms with Gasteiger partial charge in [0.25, 0.3) is 11.3 Å². The molecule has 9 heteroatoms. The molecule has 0 fully saturated rings. The van der Waals surface area contributed by atoms with Gasteiger partial charge in [0.1, 0.15) is 0 Å². The molecule has 13 heavy (non-hydrogen) atoms. The van der Waals surface area contributed by atoms with Crippen LogP contribution in [0.2, 0.25) is 0 Å². The van der Waals surface area contributed by atoms with Gasteiger partial charge in [0.2, 0.25) is 10.0 Å². The van der Waals surface area contributed by atoms with Gasteiger partial charge in [-0.3, -0.25) is 4.55 Å². The van der Waals surface area contributed by atoms with Crippen LogP contribution in [0.1, 0.15) is 6.92 Å². The third-order valence-electron chi connectivity index (χ3n) is 0.860. The van der Waals surface area contributed by atoms with Gasteiger partial charge in [0, 0.05) is 0 Å². The minimum atomic E-state index is -4.08. The number of sulfonamides is 1. The van der Waals surface area contributed by atoms with Gasteiger partial charge >= 0.3 is 6.09 Å². The van der Waals surface area contributed by atoms with E-state index in [1.807, 2.05) is 0 Å². The molecule has 0 aliphatic carbocycles. The molecule has 1 N–H and O–H groups in total. The molecule has 0 aromatic carbocycles. The fraction of sp³-hybridized carbons (Fsp3) is 0.750. The molecule has 0 radical (unpaired) electrons. The molecule has 7 nitrogen and oxygen atoms in total. The second-order valence-electron chi connectivity index (χ2n) is 1.92. The molecule has 0 bridgehead atoms. The van der Waals surface area contributed by atoms with Crippen molar-refractivity contribution in [1.29, 1.82) is 0 Å². The molecule has 0 aromatic heterocycles. The number of carbonyl (C=O) groups is 1. The first-order chi connectivity index (χ1) is 5.80. The SMILES string of the molecule is CCOC(=O)N(S(=O)O)S(C)(=O)=O. The Bertz CT molecular complexity index is 309. The first-order valence-electron chi connectivity index (χ1n) is 3.08. The van der Waals surface area contributed by atoms with Crippen LogP contribution in [-0.2, 0) is 26.0 Å². The quantitative estimate of drug-likeness (QED) is 0.659. The largest absolute Gasteiger partial charge is 0.448 e. The third-order valence-corrected chi connectivity index (χ3v) is 3.24. The second kappa shape index (κ2) is 4.53. The van der Waals surface area contributed by atoms with E-state index in [4.69, 9.17) is 4.55 Å². The van der Waals surface area contributed by atoms with E-state index in [1.165, 1.54) is 6.92 Å².